The van der Waals surface area contributed by atoms with Gasteiger partial charge in [-0.25, -0.2) is 0 Å². The monoisotopic (exact) mass is 213 g/mol. The molecule has 0 saturated carbocycles. The Kier molecular flexibility index (Phi) is 3.88. The number of ether oxygens (including phenoxy) is 1. The summed E-state index contributed by atoms with van der Waals surface area (Å²) in [5.74, 6) is -0.915. The number of aliphatic hydroxyl groups is 1. The van der Waals surface area contributed by atoms with E-state index in [1.165, 1.54) is 20.3 Å². The van der Waals surface area contributed by atoms with Gasteiger partial charge in [-0.3, -0.25) is 4.79 Å². The summed E-state index contributed by atoms with van der Waals surface area (Å²) in [6.07, 6.45) is 0.573. The molecular formula is C10H15NO4. The summed E-state index contributed by atoms with van der Waals surface area (Å²) in [6.45, 7) is 1.49. The lowest BCUT2D eigenvalue weighted by Gasteiger charge is -2.22. The maximum absolute atomic E-state index is 11.4. The van der Waals surface area contributed by atoms with Crippen LogP contribution in [0.25, 0.3) is 0 Å². The zero-order valence-corrected chi connectivity index (χ0v) is 8.71. The van der Waals surface area contributed by atoms with Crippen LogP contribution in [-0.4, -0.2) is 24.3 Å². The second-order valence-electron chi connectivity index (χ2n) is 3.33. The average molecular weight is 213 g/mol. The first kappa shape index (κ1) is 11.7. The molecule has 0 unspecified atom stereocenters. The lowest BCUT2D eigenvalue weighted by molar-refractivity contribution is -0.150. The van der Waals surface area contributed by atoms with E-state index in [1.807, 2.05) is 0 Å². The van der Waals surface area contributed by atoms with E-state index in [-0.39, 0.29) is 0 Å². The van der Waals surface area contributed by atoms with Crippen molar-refractivity contribution in [3.63, 3.8) is 0 Å². The lowest BCUT2D eigenvalue weighted by atomic mass is 9.93. The first-order chi connectivity index (χ1) is 7.07. The molecule has 0 aliphatic rings. The predicted molar refractivity (Wildman–Crippen MR) is 52.8 cm³/mol. The number of nitrogens with two attached hydrogens (primary N) is 1. The summed E-state index contributed by atoms with van der Waals surface area (Å²) in [4.78, 5) is 11.4. The molecule has 0 fully saturated rings. The molecule has 1 rings (SSSR count). The maximum Gasteiger partial charge on any atom is 0.313 e. The predicted octanol–water partition coefficient (Wildman–Crippen LogP) is 0.449. The molecule has 1 aromatic heterocycles. The van der Waals surface area contributed by atoms with Crippen LogP contribution in [0.3, 0.4) is 0 Å². The van der Waals surface area contributed by atoms with E-state index >= 15 is 0 Å². The Morgan fingerprint density at radius 3 is 2.73 bits per heavy atom. The highest BCUT2D eigenvalue weighted by atomic mass is 16.5. The second kappa shape index (κ2) is 4.95. The molecular weight excluding hydrogens is 198 g/mol. The van der Waals surface area contributed by atoms with Gasteiger partial charge in [-0.05, 0) is 19.1 Å². The molecule has 84 valence electrons. The summed E-state index contributed by atoms with van der Waals surface area (Å²) >= 11 is 0. The van der Waals surface area contributed by atoms with E-state index in [1.54, 1.807) is 12.1 Å². The van der Waals surface area contributed by atoms with Crippen LogP contribution in [0.2, 0.25) is 0 Å². The Hall–Kier alpha value is -1.33. The third kappa shape index (κ3) is 2.57. The smallest absolute Gasteiger partial charge is 0.313 e. The Labute approximate surface area is 87.8 Å². The van der Waals surface area contributed by atoms with Crippen LogP contribution in [0, 0.1) is 5.92 Å². The molecule has 0 bridgehead atoms. The van der Waals surface area contributed by atoms with Gasteiger partial charge in [0.05, 0.1) is 25.5 Å². The molecule has 0 aliphatic carbocycles. The zero-order valence-electron chi connectivity index (χ0n) is 8.71. The van der Waals surface area contributed by atoms with Crippen molar-refractivity contribution < 1.29 is 19.1 Å². The number of hydrogen-bond acceptors (Lipinski definition) is 5. The van der Waals surface area contributed by atoms with Gasteiger partial charge in [-0.1, -0.05) is 0 Å². The highest BCUT2D eigenvalue weighted by molar-refractivity contribution is 5.73. The van der Waals surface area contributed by atoms with Gasteiger partial charge in [0.15, 0.2) is 0 Å². The van der Waals surface area contributed by atoms with Crippen LogP contribution < -0.4 is 5.73 Å². The van der Waals surface area contributed by atoms with E-state index < -0.39 is 24.0 Å². The van der Waals surface area contributed by atoms with Crippen LogP contribution in [0.4, 0.5) is 0 Å². The molecule has 5 heteroatoms. The molecule has 0 saturated heterocycles. The van der Waals surface area contributed by atoms with Gasteiger partial charge >= 0.3 is 5.97 Å². The van der Waals surface area contributed by atoms with E-state index in [0.717, 1.165) is 0 Å². The van der Waals surface area contributed by atoms with Crippen LogP contribution in [0.5, 0.6) is 0 Å². The topological polar surface area (TPSA) is 85.7 Å². The highest BCUT2D eigenvalue weighted by Crippen LogP contribution is 2.23. The fourth-order valence-corrected chi connectivity index (χ4v) is 1.44. The number of esters is 1. The number of carbonyl (C=O) groups excluding carboxylic acids is 1. The largest absolute Gasteiger partial charge is 0.469 e. The summed E-state index contributed by atoms with van der Waals surface area (Å²) in [6, 6.07) is 2.63. The van der Waals surface area contributed by atoms with Gasteiger partial charge in [-0.15, -0.1) is 0 Å². The third-order valence-corrected chi connectivity index (χ3v) is 2.25. The minimum Gasteiger partial charge on any atom is -0.469 e. The zero-order chi connectivity index (χ0) is 11.4. The lowest BCUT2D eigenvalue weighted by Crippen LogP contribution is -2.36. The second-order valence-corrected chi connectivity index (χ2v) is 3.33. The Balaban J connectivity index is 2.85. The molecule has 1 heterocycles. The van der Waals surface area contributed by atoms with Gasteiger partial charge < -0.3 is 20.0 Å². The molecule has 15 heavy (non-hydrogen) atoms. The van der Waals surface area contributed by atoms with Crippen LogP contribution in [0.15, 0.2) is 22.8 Å². The first-order valence-electron chi connectivity index (χ1n) is 4.62. The number of rotatable bonds is 4. The molecule has 3 N–H and O–H groups in total. The Bertz CT molecular complexity index is 307. The molecule has 1 aromatic rings. The van der Waals surface area contributed by atoms with Gasteiger partial charge in [0.1, 0.15) is 11.7 Å². The standard InChI is InChI=1S/C10H15NO4/c1-6(12)8(10(13)14-2)9(11)7-4-3-5-15-7/h3-6,8-9,12H,11H2,1-2H3/t6-,8-,9+/m1/s1. The summed E-state index contributed by atoms with van der Waals surface area (Å²) < 4.78 is 9.65. The number of furan rings is 1. The molecule has 0 aromatic carbocycles. The van der Waals surface area contributed by atoms with Crippen molar-refractivity contribution in [3.05, 3.63) is 24.2 Å². The third-order valence-electron chi connectivity index (χ3n) is 2.25. The van der Waals surface area contributed by atoms with E-state index in [9.17, 15) is 9.90 Å². The summed E-state index contributed by atoms with van der Waals surface area (Å²) in [5, 5.41) is 9.46. The van der Waals surface area contributed by atoms with Gasteiger partial charge in [0, 0.05) is 0 Å². The van der Waals surface area contributed by atoms with Crippen LogP contribution >= 0.6 is 0 Å². The minimum atomic E-state index is -0.891. The summed E-state index contributed by atoms with van der Waals surface area (Å²) in [5.41, 5.74) is 5.81. The van der Waals surface area contributed by atoms with Crippen molar-refractivity contribution in [2.75, 3.05) is 7.11 Å². The normalized spacial score (nSPS) is 16.8. The first-order valence-corrected chi connectivity index (χ1v) is 4.62. The number of methoxy groups -OCH3 is 1. The summed E-state index contributed by atoms with van der Waals surface area (Å²) in [7, 11) is 1.26. The molecule has 3 atom stereocenters. The maximum atomic E-state index is 11.4. The van der Waals surface area contributed by atoms with E-state index in [4.69, 9.17) is 10.2 Å². The molecule has 0 spiro atoms. The van der Waals surface area contributed by atoms with Crippen molar-refractivity contribution in [3.8, 4) is 0 Å². The highest BCUT2D eigenvalue weighted by Gasteiger charge is 2.33. The number of aliphatic hydroxyl groups excluding tert-OH is 1. The quantitative estimate of drug-likeness (QED) is 0.709. The van der Waals surface area contributed by atoms with Crippen LogP contribution in [0.1, 0.15) is 18.7 Å². The fourth-order valence-electron chi connectivity index (χ4n) is 1.44. The van der Waals surface area contributed by atoms with Crippen molar-refractivity contribution in [1.82, 2.24) is 0 Å². The fraction of sp³-hybridized carbons (Fsp3) is 0.500. The molecule has 0 aliphatic heterocycles. The number of carbonyl (C=O) groups is 1. The van der Waals surface area contributed by atoms with Crippen molar-refractivity contribution in [1.29, 1.82) is 0 Å². The average Bonchev–Trinajstić information content (AvgIpc) is 2.69. The van der Waals surface area contributed by atoms with Gasteiger partial charge in [0.2, 0.25) is 0 Å². The van der Waals surface area contributed by atoms with E-state index in [2.05, 4.69) is 4.74 Å². The molecule has 5 nitrogen and oxygen atoms in total. The van der Waals surface area contributed by atoms with Crippen molar-refractivity contribution in [2.24, 2.45) is 11.7 Å². The van der Waals surface area contributed by atoms with Crippen molar-refractivity contribution >= 4 is 5.97 Å². The number of hydrogen-bond donors (Lipinski definition) is 2. The minimum absolute atomic E-state index is 0.450. The van der Waals surface area contributed by atoms with Crippen molar-refractivity contribution in [2.45, 2.75) is 19.1 Å². The van der Waals surface area contributed by atoms with Gasteiger partial charge in [-0.2, -0.15) is 0 Å². The molecule has 0 amide bonds. The van der Waals surface area contributed by atoms with E-state index in [0.29, 0.717) is 5.76 Å². The Morgan fingerprint density at radius 2 is 2.33 bits per heavy atom. The molecule has 0 radical (unpaired) electrons. The van der Waals surface area contributed by atoms with Crippen LogP contribution in [-0.2, 0) is 9.53 Å². The Morgan fingerprint density at radius 1 is 1.67 bits per heavy atom. The SMILES string of the molecule is COC(=O)[C@H]([C@@H](C)O)[C@@H](N)c1ccco1. The van der Waals surface area contributed by atoms with Gasteiger partial charge in [0.25, 0.3) is 0 Å².